The monoisotopic (exact) mass is 267 g/mol. The first-order valence-corrected chi connectivity index (χ1v) is 7.24. The zero-order valence-electron chi connectivity index (χ0n) is 11.1. The standard InChI is InChI=1S/C14H21NO2S/c1-3-7-15(8-4-2)10-13-9-12(11-18-13)5-6-14(16)17/h5-6,9,11H,3-4,7-8,10H2,1-2H3,(H,16,17). The van der Waals surface area contributed by atoms with Crippen molar-refractivity contribution in [3.05, 3.63) is 28.0 Å². The molecule has 0 aliphatic heterocycles. The van der Waals surface area contributed by atoms with Crippen LogP contribution in [0.4, 0.5) is 0 Å². The van der Waals surface area contributed by atoms with E-state index in [1.165, 1.54) is 11.0 Å². The first kappa shape index (κ1) is 14.9. The summed E-state index contributed by atoms with van der Waals surface area (Å²) in [5.41, 5.74) is 0.977. The van der Waals surface area contributed by atoms with Crippen LogP contribution in [0.1, 0.15) is 37.1 Å². The number of aliphatic carboxylic acids is 1. The van der Waals surface area contributed by atoms with E-state index >= 15 is 0 Å². The summed E-state index contributed by atoms with van der Waals surface area (Å²) >= 11 is 1.70. The Morgan fingerprint density at radius 3 is 2.61 bits per heavy atom. The van der Waals surface area contributed by atoms with E-state index in [0.717, 1.165) is 38.0 Å². The number of hydrogen-bond acceptors (Lipinski definition) is 3. The van der Waals surface area contributed by atoms with Crippen molar-refractivity contribution < 1.29 is 9.90 Å². The minimum Gasteiger partial charge on any atom is -0.478 e. The van der Waals surface area contributed by atoms with Crippen LogP contribution in [0.15, 0.2) is 17.5 Å². The van der Waals surface area contributed by atoms with Gasteiger partial charge in [-0.25, -0.2) is 4.79 Å². The summed E-state index contributed by atoms with van der Waals surface area (Å²) in [5, 5.41) is 10.6. The Morgan fingerprint density at radius 2 is 2.06 bits per heavy atom. The maximum atomic E-state index is 10.4. The number of nitrogens with zero attached hydrogens (tertiary/aromatic N) is 1. The Kier molecular flexibility index (Phi) is 6.68. The van der Waals surface area contributed by atoms with E-state index in [9.17, 15) is 4.79 Å². The van der Waals surface area contributed by atoms with Crippen molar-refractivity contribution in [2.45, 2.75) is 33.2 Å². The van der Waals surface area contributed by atoms with E-state index < -0.39 is 5.97 Å². The zero-order chi connectivity index (χ0) is 13.4. The third-order valence-corrected chi connectivity index (χ3v) is 3.49. The average Bonchev–Trinajstić information content (AvgIpc) is 2.75. The molecule has 0 saturated carbocycles. The number of rotatable bonds is 8. The highest BCUT2D eigenvalue weighted by Crippen LogP contribution is 2.18. The molecule has 1 rings (SSSR count). The lowest BCUT2D eigenvalue weighted by molar-refractivity contribution is -0.131. The lowest BCUT2D eigenvalue weighted by Crippen LogP contribution is -2.24. The van der Waals surface area contributed by atoms with Gasteiger partial charge in [-0.2, -0.15) is 0 Å². The van der Waals surface area contributed by atoms with Crippen LogP contribution < -0.4 is 0 Å². The fourth-order valence-electron chi connectivity index (χ4n) is 1.86. The van der Waals surface area contributed by atoms with E-state index in [4.69, 9.17) is 5.11 Å². The highest BCUT2D eigenvalue weighted by molar-refractivity contribution is 7.10. The van der Waals surface area contributed by atoms with Crippen LogP contribution in [0.25, 0.3) is 6.08 Å². The first-order chi connectivity index (χ1) is 8.65. The molecule has 18 heavy (non-hydrogen) atoms. The molecule has 100 valence electrons. The van der Waals surface area contributed by atoms with Crippen LogP contribution in [0.3, 0.4) is 0 Å². The van der Waals surface area contributed by atoms with Crippen LogP contribution >= 0.6 is 11.3 Å². The Labute approximate surface area is 113 Å². The topological polar surface area (TPSA) is 40.5 Å². The molecule has 0 saturated heterocycles. The minimum atomic E-state index is -0.902. The molecule has 0 unspecified atom stereocenters. The molecule has 0 aliphatic carbocycles. The quantitative estimate of drug-likeness (QED) is 0.733. The van der Waals surface area contributed by atoms with Crippen molar-refractivity contribution in [2.24, 2.45) is 0 Å². The van der Waals surface area contributed by atoms with Gasteiger partial charge < -0.3 is 5.11 Å². The second-order valence-electron chi connectivity index (χ2n) is 4.29. The molecule has 0 fully saturated rings. The predicted octanol–water partition coefficient (Wildman–Crippen LogP) is 3.47. The smallest absolute Gasteiger partial charge is 0.328 e. The van der Waals surface area contributed by atoms with Crippen molar-refractivity contribution in [3.8, 4) is 0 Å². The Bertz CT molecular complexity index is 392. The number of hydrogen-bond donors (Lipinski definition) is 1. The fourth-order valence-corrected chi connectivity index (χ4v) is 2.75. The molecule has 0 radical (unpaired) electrons. The normalized spacial score (nSPS) is 11.5. The largest absolute Gasteiger partial charge is 0.478 e. The van der Waals surface area contributed by atoms with Crippen molar-refractivity contribution in [1.82, 2.24) is 4.90 Å². The van der Waals surface area contributed by atoms with Gasteiger partial charge in [-0.05, 0) is 49.0 Å². The second-order valence-corrected chi connectivity index (χ2v) is 5.29. The van der Waals surface area contributed by atoms with Crippen molar-refractivity contribution in [2.75, 3.05) is 13.1 Å². The van der Waals surface area contributed by atoms with E-state index in [1.54, 1.807) is 17.4 Å². The highest BCUT2D eigenvalue weighted by atomic mass is 32.1. The van der Waals surface area contributed by atoms with Gasteiger partial charge in [0.15, 0.2) is 0 Å². The summed E-state index contributed by atoms with van der Waals surface area (Å²) in [5.74, 6) is -0.902. The Morgan fingerprint density at radius 1 is 1.39 bits per heavy atom. The molecule has 1 aromatic rings. The van der Waals surface area contributed by atoms with Gasteiger partial charge in [-0.1, -0.05) is 13.8 Å². The summed E-state index contributed by atoms with van der Waals surface area (Å²) in [7, 11) is 0. The van der Waals surface area contributed by atoms with Crippen LogP contribution in [-0.4, -0.2) is 29.1 Å². The molecular weight excluding hydrogens is 246 g/mol. The number of carbonyl (C=O) groups is 1. The summed E-state index contributed by atoms with van der Waals surface area (Å²) in [6.07, 6.45) is 5.16. The summed E-state index contributed by atoms with van der Waals surface area (Å²) in [6, 6.07) is 2.07. The number of carboxylic acid groups (broad SMARTS) is 1. The van der Waals surface area contributed by atoms with Gasteiger partial charge in [0.1, 0.15) is 0 Å². The van der Waals surface area contributed by atoms with Crippen molar-refractivity contribution in [3.63, 3.8) is 0 Å². The van der Waals surface area contributed by atoms with E-state index in [0.29, 0.717) is 0 Å². The molecule has 1 aromatic heterocycles. The predicted molar refractivity (Wildman–Crippen MR) is 76.8 cm³/mol. The van der Waals surface area contributed by atoms with Crippen LogP contribution in [0.2, 0.25) is 0 Å². The fraction of sp³-hybridized carbons (Fsp3) is 0.500. The molecule has 4 heteroatoms. The number of thiophene rings is 1. The molecule has 0 atom stereocenters. The van der Waals surface area contributed by atoms with Gasteiger partial charge in [0.2, 0.25) is 0 Å². The zero-order valence-corrected chi connectivity index (χ0v) is 11.9. The second kappa shape index (κ2) is 8.06. The van der Waals surface area contributed by atoms with Crippen LogP contribution in [0.5, 0.6) is 0 Å². The SMILES string of the molecule is CCCN(CCC)Cc1cc(C=CC(=O)O)cs1. The lowest BCUT2D eigenvalue weighted by atomic mass is 10.2. The van der Waals surface area contributed by atoms with Crippen molar-refractivity contribution >= 4 is 23.4 Å². The maximum absolute atomic E-state index is 10.4. The summed E-state index contributed by atoms with van der Waals surface area (Å²) in [6.45, 7) is 7.58. The molecule has 0 aromatic carbocycles. The lowest BCUT2D eigenvalue weighted by Gasteiger charge is -2.19. The number of carboxylic acids is 1. The van der Waals surface area contributed by atoms with Gasteiger partial charge in [-0.15, -0.1) is 11.3 Å². The third-order valence-electron chi connectivity index (χ3n) is 2.55. The van der Waals surface area contributed by atoms with Gasteiger partial charge in [0.05, 0.1) is 0 Å². The molecule has 3 nitrogen and oxygen atoms in total. The third kappa shape index (κ3) is 5.47. The summed E-state index contributed by atoms with van der Waals surface area (Å²) in [4.78, 5) is 14.2. The minimum absolute atomic E-state index is 0.902. The Balaban J connectivity index is 2.58. The molecule has 0 amide bonds. The highest BCUT2D eigenvalue weighted by Gasteiger charge is 2.05. The average molecular weight is 267 g/mol. The maximum Gasteiger partial charge on any atom is 0.328 e. The van der Waals surface area contributed by atoms with E-state index in [2.05, 4.69) is 24.8 Å². The Hall–Kier alpha value is -1.13. The van der Waals surface area contributed by atoms with Gasteiger partial charge in [0, 0.05) is 17.5 Å². The first-order valence-electron chi connectivity index (χ1n) is 6.36. The molecule has 1 N–H and O–H groups in total. The molecule has 1 heterocycles. The molecular formula is C14H21NO2S. The van der Waals surface area contributed by atoms with Gasteiger partial charge in [-0.3, -0.25) is 4.90 Å². The van der Waals surface area contributed by atoms with Crippen LogP contribution in [0, 0.1) is 0 Å². The molecule has 0 bridgehead atoms. The van der Waals surface area contributed by atoms with Crippen molar-refractivity contribution in [1.29, 1.82) is 0 Å². The van der Waals surface area contributed by atoms with Crippen LogP contribution in [-0.2, 0) is 11.3 Å². The van der Waals surface area contributed by atoms with Gasteiger partial charge >= 0.3 is 5.97 Å². The molecule has 0 aliphatic rings. The summed E-state index contributed by atoms with van der Waals surface area (Å²) < 4.78 is 0. The molecule has 0 spiro atoms. The van der Waals surface area contributed by atoms with E-state index in [1.807, 2.05) is 5.38 Å². The van der Waals surface area contributed by atoms with E-state index in [-0.39, 0.29) is 0 Å². The van der Waals surface area contributed by atoms with Gasteiger partial charge in [0.25, 0.3) is 0 Å².